The number of allylic oxidation sites excluding steroid dienone is 1. The van der Waals surface area contributed by atoms with E-state index in [1.54, 1.807) is 6.07 Å². The summed E-state index contributed by atoms with van der Waals surface area (Å²) in [5.41, 5.74) is 16.3. The topological polar surface area (TPSA) is 115 Å². The molecule has 1 aromatic carbocycles. The normalized spacial score (nSPS) is 25.1. The zero-order valence-electron chi connectivity index (χ0n) is 19.2. The molecule has 2 atom stereocenters. The quantitative estimate of drug-likeness (QED) is 0.464. The number of aromatic nitrogens is 2. The summed E-state index contributed by atoms with van der Waals surface area (Å²) in [6, 6.07) is 8.00. The zero-order chi connectivity index (χ0) is 23.1. The molecule has 1 aromatic heterocycles. The minimum absolute atomic E-state index is 0.234. The van der Waals surface area contributed by atoms with Gasteiger partial charge < -0.3 is 26.0 Å². The molecule has 6 rings (SSSR count). The van der Waals surface area contributed by atoms with Gasteiger partial charge in [0.15, 0.2) is 0 Å². The first-order valence-electron chi connectivity index (χ1n) is 12.2. The Hall–Kier alpha value is -3.46. The Labute approximate surface area is 199 Å². The van der Waals surface area contributed by atoms with Crippen LogP contribution in [0, 0.1) is 0 Å². The third-order valence-corrected chi connectivity index (χ3v) is 7.61. The Kier molecular flexibility index (Phi) is 5.41. The average Bonchev–Trinajstić information content (AvgIpc) is 3.14. The van der Waals surface area contributed by atoms with E-state index in [0.717, 1.165) is 74.8 Å². The molecule has 4 aliphatic heterocycles. The van der Waals surface area contributed by atoms with Crippen LogP contribution in [0.25, 0.3) is 5.70 Å². The summed E-state index contributed by atoms with van der Waals surface area (Å²) in [5, 5.41) is 13.7. The van der Waals surface area contributed by atoms with Crippen LogP contribution in [0.4, 0.5) is 5.95 Å². The summed E-state index contributed by atoms with van der Waals surface area (Å²) in [7, 11) is 0. The second-order valence-electron chi connectivity index (χ2n) is 9.66. The Morgan fingerprint density at radius 2 is 1.65 bits per heavy atom. The van der Waals surface area contributed by atoms with Crippen molar-refractivity contribution in [3.63, 3.8) is 0 Å². The Morgan fingerprint density at radius 3 is 2.35 bits per heavy atom. The van der Waals surface area contributed by atoms with E-state index in [-0.39, 0.29) is 5.75 Å². The molecule has 9 nitrogen and oxygen atoms in total. The molecule has 4 aliphatic rings. The minimum Gasteiger partial charge on any atom is -0.507 e. The summed E-state index contributed by atoms with van der Waals surface area (Å²) >= 11 is 0. The van der Waals surface area contributed by atoms with Crippen LogP contribution >= 0.6 is 0 Å². The van der Waals surface area contributed by atoms with E-state index >= 15 is 0 Å². The Morgan fingerprint density at radius 1 is 0.941 bits per heavy atom. The third kappa shape index (κ3) is 3.79. The van der Waals surface area contributed by atoms with Gasteiger partial charge in [-0.05, 0) is 68.5 Å². The summed E-state index contributed by atoms with van der Waals surface area (Å²) in [4.78, 5) is 14.4. The van der Waals surface area contributed by atoms with E-state index in [1.165, 1.54) is 5.56 Å². The number of benzene rings is 1. The van der Waals surface area contributed by atoms with Gasteiger partial charge >= 0.3 is 0 Å². The van der Waals surface area contributed by atoms with E-state index in [0.29, 0.717) is 23.8 Å². The van der Waals surface area contributed by atoms with E-state index < -0.39 is 0 Å². The van der Waals surface area contributed by atoms with Crippen LogP contribution in [-0.2, 0) is 0 Å². The number of anilines is 1. The molecule has 0 saturated carbocycles. The first-order valence-corrected chi connectivity index (χ1v) is 12.2. The molecule has 6 N–H and O–H groups in total. The number of hydrogen-bond acceptors (Lipinski definition) is 9. The lowest BCUT2D eigenvalue weighted by Crippen LogP contribution is -2.55. The van der Waals surface area contributed by atoms with Crippen LogP contribution in [-0.4, -0.2) is 58.2 Å². The number of piperidine rings is 1. The lowest BCUT2D eigenvalue weighted by atomic mass is 9.92. The van der Waals surface area contributed by atoms with Crippen LogP contribution < -0.4 is 26.8 Å². The van der Waals surface area contributed by atoms with Gasteiger partial charge in [0, 0.05) is 43.1 Å². The number of nitrogens with one attached hydrogen (secondary N) is 3. The van der Waals surface area contributed by atoms with Crippen molar-refractivity contribution in [2.75, 3.05) is 31.1 Å². The van der Waals surface area contributed by atoms with Gasteiger partial charge in [0.25, 0.3) is 0 Å². The van der Waals surface area contributed by atoms with Crippen molar-refractivity contribution in [3.8, 4) is 5.75 Å². The molecule has 0 amide bonds. The first-order chi connectivity index (χ1) is 16.7. The number of fused-ring (bicyclic) bond motifs is 2. The lowest BCUT2D eigenvalue weighted by molar-refractivity contribution is 0.272. The smallest absolute Gasteiger partial charge is 0.225 e. The Balaban J connectivity index is 1.20. The van der Waals surface area contributed by atoms with Gasteiger partial charge in [-0.2, -0.15) is 0 Å². The molecule has 178 valence electrons. The molecule has 0 spiro atoms. The highest BCUT2D eigenvalue weighted by atomic mass is 16.3. The number of likely N-dealkylation sites (tertiary alicyclic amines) is 1. The number of nitrogens with two attached hydrogens (primary N) is 1. The number of rotatable bonds is 4. The molecule has 5 heterocycles. The fraction of sp³-hybridized carbons (Fsp3) is 0.440. The molecule has 2 aromatic rings. The predicted molar refractivity (Wildman–Crippen MR) is 131 cm³/mol. The van der Waals surface area contributed by atoms with Crippen molar-refractivity contribution in [1.29, 1.82) is 0 Å². The van der Waals surface area contributed by atoms with Crippen molar-refractivity contribution < 1.29 is 5.11 Å². The fourth-order valence-corrected chi connectivity index (χ4v) is 5.81. The van der Waals surface area contributed by atoms with Gasteiger partial charge in [-0.15, -0.1) is 0 Å². The maximum absolute atomic E-state index is 10.3. The second-order valence-corrected chi connectivity index (χ2v) is 9.66. The number of aromatic hydroxyl groups is 1. The van der Waals surface area contributed by atoms with Crippen molar-refractivity contribution in [2.24, 2.45) is 5.73 Å². The maximum atomic E-state index is 10.3. The number of hydrazine groups is 1. The molecule has 3 fully saturated rings. The monoisotopic (exact) mass is 460 g/mol. The molecule has 2 bridgehead atoms. The third-order valence-electron chi connectivity index (χ3n) is 7.61. The minimum atomic E-state index is 0.234. The van der Waals surface area contributed by atoms with Crippen LogP contribution in [0.5, 0.6) is 5.75 Å². The Bertz CT molecular complexity index is 1090. The molecule has 9 heteroatoms. The zero-order valence-corrected chi connectivity index (χ0v) is 19.2. The van der Waals surface area contributed by atoms with E-state index in [4.69, 9.17) is 15.7 Å². The average molecular weight is 461 g/mol. The molecule has 0 aliphatic carbocycles. The molecule has 2 unspecified atom stereocenters. The summed E-state index contributed by atoms with van der Waals surface area (Å²) in [5.74, 6) is 2.24. The van der Waals surface area contributed by atoms with Gasteiger partial charge in [-0.1, -0.05) is 12.1 Å². The first kappa shape index (κ1) is 21.1. The largest absolute Gasteiger partial charge is 0.507 e. The van der Waals surface area contributed by atoms with Crippen molar-refractivity contribution in [2.45, 2.75) is 43.7 Å². The molecular weight excluding hydrogens is 428 g/mol. The van der Waals surface area contributed by atoms with Gasteiger partial charge in [-0.25, -0.2) is 9.97 Å². The van der Waals surface area contributed by atoms with Gasteiger partial charge in [0.2, 0.25) is 5.95 Å². The highest BCUT2D eigenvalue weighted by Gasteiger charge is 2.42. The highest BCUT2D eigenvalue weighted by Crippen LogP contribution is 2.36. The number of para-hydroxylation sites is 1. The van der Waals surface area contributed by atoms with Gasteiger partial charge in [0.05, 0.1) is 11.4 Å². The van der Waals surface area contributed by atoms with Crippen molar-refractivity contribution in [1.82, 2.24) is 31.0 Å². The summed E-state index contributed by atoms with van der Waals surface area (Å²) in [6.45, 7) is 3.86. The summed E-state index contributed by atoms with van der Waals surface area (Å²) < 4.78 is 0. The number of piperazine rings is 1. The second kappa shape index (κ2) is 8.72. The SMILES string of the molecule is NC1=C(N2CC3CCC(C2)N3c2ncc(C3CCNCC3)cn2)C=C(c2ccccc2O)NN1. The van der Waals surface area contributed by atoms with Crippen molar-refractivity contribution in [3.05, 3.63) is 65.4 Å². The van der Waals surface area contributed by atoms with Crippen molar-refractivity contribution >= 4 is 11.6 Å². The van der Waals surface area contributed by atoms with E-state index in [2.05, 4.69) is 26.0 Å². The van der Waals surface area contributed by atoms with E-state index in [1.807, 2.05) is 36.7 Å². The molecular formula is C25H32N8O. The lowest BCUT2D eigenvalue weighted by Gasteiger charge is -2.43. The predicted octanol–water partition coefficient (Wildman–Crippen LogP) is 1.58. The van der Waals surface area contributed by atoms with Crippen LogP contribution in [0.2, 0.25) is 0 Å². The molecule has 3 saturated heterocycles. The highest BCUT2D eigenvalue weighted by molar-refractivity contribution is 5.72. The van der Waals surface area contributed by atoms with E-state index in [9.17, 15) is 5.11 Å². The number of nitrogens with zero attached hydrogens (tertiary/aromatic N) is 4. The number of phenols is 1. The summed E-state index contributed by atoms with van der Waals surface area (Å²) in [6.07, 6.45) is 10.7. The maximum Gasteiger partial charge on any atom is 0.225 e. The number of hydrogen-bond donors (Lipinski definition) is 5. The standard InChI is InChI=1S/C25H32N8O/c26-24-22(11-21(30-31-24)20-3-1-2-4-23(20)34)32-14-18-5-6-19(15-32)33(18)25-28-12-17(13-29-25)16-7-9-27-10-8-16/h1-4,11-13,16,18-19,27,30-31,34H,5-10,14-15,26H2. The number of phenolic OH excluding ortho intramolecular Hbond substituents is 1. The molecule has 0 radical (unpaired) electrons. The van der Waals surface area contributed by atoms with Crippen LogP contribution in [0.15, 0.2) is 54.3 Å². The van der Waals surface area contributed by atoms with Gasteiger partial charge in [-0.3, -0.25) is 10.9 Å². The molecule has 34 heavy (non-hydrogen) atoms. The van der Waals surface area contributed by atoms with Crippen LogP contribution in [0.3, 0.4) is 0 Å². The van der Waals surface area contributed by atoms with Crippen LogP contribution in [0.1, 0.15) is 42.7 Å². The van der Waals surface area contributed by atoms with Gasteiger partial charge in [0.1, 0.15) is 11.6 Å². The fourth-order valence-electron chi connectivity index (χ4n) is 5.81.